The molecule has 112 valence electrons. The van der Waals surface area contributed by atoms with Gasteiger partial charge in [0.05, 0.1) is 5.69 Å². The first-order chi connectivity index (χ1) is 10.4. The molecule has 3 rings (SSSR count). The number of nitrogens with zero attached hydrogens (tertiary/aromatic N) is 1. The van der Waals surface area contributed by atoms with E-state index in [0.29, 0.717) is 0 Å². The lowest BCUT2D eigenvalue weighted by molar-refractivity contribution is 0.334. The minimum atomic E-state index is 0.907. The van der Waals surface area contributed by atoms with Crippen LogP contribution in [0.25, 0.3) is 11.3 Å². The Hall–Kier alpha value is -1.19. The van der Waals surface area contributed by atoms with Crippen molar-refractivity contribution in [3.05, 3.63) is 40.7 Å². The summed E-state index contributed by atoms with van der Waals surface area (Å²) in [5.41, 5.74) is 2.31. The van der Waals surface area contributed by atoms with E-state index in [1.165, 1.54) is 49.1 Å². The number of benzene rings is 1. The lowest BCUT2D eigenvalue weighted by Crippen LogP contribution is -2.19. The lowest BCUT2D eigenvalue weighted by Gasteiger charge is -2.21. The van der Waals surface area contributed by atoms with E-state index in [1.54, 1.807) is 11.3 Å². The summed E-state index contributed by atoms with van der Waals surface area (Å²) < 4.78 is 0. The number of hydrogen-bond acceptors (Lipinski definition) is 3. The Morgan fingerprint density at radius 1 is 1.10 bits per heavy atom. The molecule has 21 heavy (non-hydrogen) atoms. The molecule has 0 bridgehead atoms. The molecule has 1 N–H and O–H groups in total. The predicted octanol–water partition coefficient (Wildman–Crippen LogP) is 4.87. The Morgan fingerprint density at radius 3 is 2.71 bits per heavy atom. The molecule has 2 aromatic rings. The Kier molecular flexibility index (Phi) is 5.41. The molecule has 1 heterocycles. The number of rotatable bonds is 6. The first kappa shape index (κ1) is 14.7. The van der Waals surface area contributed by atoms with E-state index < -0.39 is 0 Å². The van der Waals surface area contributed by atoms with E-state index in [1.807, 2.05) is 6.07 Å². The predicted molar refractivity (Wildman–Crippen MR) is 90.4 cm³/mol. The van der Waals surface area contributed by atoms with Gasteiger partial charge in [0.15, 0.2) is 0 Å². The molecular weight excluding hydrogens is 276 g/mol. The van der Waals surface area contributed by atoms with E-state index in [2.05, 4.69) is 35.0 Å². The fourth-order valence-electron chi connectivity index (χ4n) is 3.11. The van der Waals surface area contributed by atoms with Crippen LogP contribution < -0.4 is 5.32 Å². The van der Waals surface area contributed by atoms with Crippen LogP contribution in [0.15, 0.2) is 35.7 Å². The highest BCUT2D eigenvalue weighted by atomic mass is 32.1. The zero-order valence-electron chi connectivity index (χ0n) is 12.6. The first-order valence-electron chi connectivity index (χ1n) is 8.12. The Bertz CT molecular complexity index is 529. The lowest BCUT2D eigenvalue weighted by atomic mass is 9.87. The molecule has 0 saturated heterocycles. The summed E-state index contributed by atoms with van der Waals surface area (Å²) in [4.78, 5) is 4.72. The zero-order chi connectivity index (χ0) is 14.3. The highest BCUT2D eigenvalue weighted by Gasteiger charge is 2.12. The maximum atomic E-state index is 4.72. The zero-order valence-corrected chi connectivity index (χ0v) is 13.4. The van der Waals surface area contributed by atoms with Crippen molar-refractivity contribution in [3.8, 4) is 11.3 Å². The van der Waals surface area contributed by atoms with Gasteiger partial charge in [-0.25, -0.2) is 4.98 Å². The molecule has 1 saturated carbocycles. The third kappa shape index (κ3) is 4.39. The largest absolute Gasteiger partial charge is 0.310 e. The summed E-state index contributed by atoms with van der Waals surface area (Å²) in [6.07, 6.45) is 8.55. The highest BCUT2D eigenvalue weighted by Crippen LogP contribution is 2.26. The minimum Gasteiger partial charge on any atom is -0.310 e. The second-order valence-electron chi connectivity index (χ2n) is 5.96. The van der Waals surface area contributed by atoms with Crippen LogP contribution in [-0.4, -0.2) is 11.5 Å². The molecule has 0 radical (unpaired) electrons. The van der Waals surface area contributed by atoms with Gasteiger partial charge in [0.1, 0.15) is 5.01 Å². The molecule has 1 aliphatic carbocycles. The average molecular weight is 300 g/mol. The van der Waals surface area contributed by atoms with Gasteiger partial charge in [-0.1, -0.05) is 62.4 Å². The van der Waals surface area contributed by atoms with Crippen molar-refractivity contribution in [2.75, 3.05) is 6.54 Å². The normalized spacial score (nSPS) is 16.2. The number of hydrogen-bond donors (Lipinski definition) is 1. The fraction of sp³-hybridized carbons (Fsp3) is 0.500. The molecule has 1 aromatic heterocycles. The number of thiazole rings is 1. The molecule has 1 fully saturated rings. The van der Waals surface area contributed by atoms with E-state index in [0.717, 1.165) is 24.7 Å². The third-order valence-electron chi connectivity index (χ3n) is 4.35. The van der Waals surface area contributed by atoms with E-state index in [9.17, 15) is 0 Å². The van der Waals surface area contributed by atoms with Gasteiger partial charge in [-0.2, -0.15) is 0 Å². The Balaban J connectivity index is 1.42. The van der Waals surface area contributed by atoms with Crippen molar-refractivity contribution >= 4 is 11.3 Å². The Labute approximate surface area is 131 Å². The molecule has 0 spiro atoms. The van der Waals surface area contributed by atoms with Crippen molar-refractivity contribution in [1.29, 1.82) is 0 Å². The van der Waals surface area contributed by atoms with Crippen molar-refractivity contribution < 1.29 is 0 Å². The van der Waals surface area contributed by atoms with Crippen LogP contribution in [-0.2, 0) is 6.54 Å². The SMILES string of the molecule is c1ccc(-c2csc(CNCCC3CCCCC3)n2)cc1. The summed E-state index contributed by atoms with van der Waals surface area (Å²) in [6.45, 7) is 2.04. The van der Waals surface area contributed by atoms with Crippen LogP contribution in [0.5, 0.6) is 0 Å². The standard InChI is InChI=1S/C18H24N2S/c1-3-7-15(8-4-1)11-12-19-13-18-20-17(14-21-18)16-9-5-2-6-10-16/h2,5-6,9-10,14-15,19H,1,3-4,7-8,11-13H2. The van der Waals surface area contributed by atoms with Crippen molar-refractivity contribution in [3.63, 3.8) is 0 Å². The van der Waals surface area contributed by atoms with Gasteiger partial charge in [-0.15, -0.1) is 11.3 Å². The van der Waals surface area contributed by atoms with Crippen LogP contribution in [0.1, 0.15) is 43.5 Å². The smallest absolute Gasteiger partial charge is 0.107 e. The maximum Gasteiger partial charge on any atom is 0.107 e. The van der Waals surface area contributed by atoms with Crippen LogP contribution in [0.3, 0.4) is 0 Å². The summed E-state index contributed by atoms with van der Waals surface area (Å²) in [7, 11) is 0. The van der Waals surface area contributed by atoms with Crippen LogP contribution in [0, 0.1) is 5.92 Å². The van der Waals surface area contributed by atoms with Gasteiger partial charge in [0.25, 0.3) is 0 Å². The highest BCUT2D eigenvalue weighted by molar-refractivity contribution is 7.09. The summed E-state index contributed by atoms with van der Waals surface area (Å²) >= 11 is 1.76. The quantitative estimate of drug-likeness (QED) is 0.770. The maximum absolute atomic E-state index is 4.72. The van der Waals surface area contributed by atoms with Crippen LogP contribution >= 0.6 is 11.3 Å². The van der Waals surface area contributed by atoms with Crippen molar-refractivity contribution in [1.82, 2.24) is 10.3 Å². The van der Waals surface area contributed by atoms with Crippen molar-refractivity contribution in [2.45, 2.75) is 45.1 Å². The first-order valence-corrected chi connectivity index (χ1v) is 9.00. The molecular formula is C18H24N2S. The van der Waals surface area contributed by atoms with Gasteiger partial charge in [-0.3, -0.25) is 0 Å². The summed E-state index contributed by atoms with van der Waals surface area (Å²) in [6, 6.07) is 10.4. The monoisotopic (exact) mass is 300 g/mol. The molecule has 1 aromatic carbocycles. The third-order valence-corrected chi connectivity index (χ3v) is 5.20. The van der Waals surface area contributed by atoms with Gasteiger partial charge in [-0.05, 0) is 18.9 Å². The second kappa shape index (κ2) is 7.71. The van der Waals surface area contributed by atoms with E-state index in [4.69, 9.17) is 4.98 Å². The average Bonchev–Trinajstić information content (AvgIpc) is 3.02. The van der Waals surface area contributed by atoms with Crippen LogP contribution in [0.4, 0.5) is 0 Å². The van der Waals surface area contributed by atoms with E-state index in [-0.39, 0.29) is 0 Å². The van der Waals surface area contributed by atoms with Gasteiger partial charge >= 0.3 is 0 Å². The number of nitrogens with one attached hydrogen (secondary N) is 1. The molecule has 1 aliphatic rings. The second-order valence-corrected chi connectivity index (χ2v) is 6.90. The Morgan fingerprint density at radius 2 is 1.90 bits per heavy atom. The van der Waals surface area contributed by atoms with E-state index >= 15 is 0 Å². The number of aromatic nitrogens is 1. The van der Waals surface area contributed by atoms with Crippen LogP contribution in [0.2, 0.25) is 0 Å². The molecule has 0 aliphatic heterocycles. The topological polar surface area (TPSA) is 24.9 Å². The van der Waals surface area contributed by atoms with Crippen molar-refractivity contribution in [2.24, 2.45) is 5.92 Å². The van der Waals surface area contributed by atoms with Gasteiger partial charge < -0.3 is 5.32 Å². The van der Waals surface area contributed by atoms with Gasteiger partial charge in [0.2, 0.25) is 0 Å². The molecule has 0 atom stereocenters. The minimum absolute atomic E-state index is 0.907. The summed E-state index contributed by atoms with van der Waals surface area (Å²) in [5.74, 6) is 0.961. The molecule has 0 unspecified atom stereocenters. The molecule has 0 amide bonds. The fourth-order valence-corrected chi connectivity index (χ4v) is 3.88. The van der Waals surface area contributed by atoms with Gasteiger partial charge in [0, 0.05) is 17.5 Å². The summed E-state index contributed by atoms with van der Waals surface area (Å²) in [5, 5.41) is 6.91. The molecule has 3 heteroatoms. The molecule has 2 nitrogen and oxygen atoms in total.